The molecule has 0 spiro atoms. The number of nitrogens with zero attached hydrogens (tertiary/aromatic N) is 4. The number of carbonyl (C=O) groups excluding carboxylic acids is 1. The highest BCUT2D eigenvalue weighted by atomic mass is 127. The van der Waals surface area contributed by atoms with Crippen molar-refractivity contribution >= 4 is 41.6 Å². The number of ether oxygens (including phenoxy) is 1. The zero-order chi connectivity index (χ0) is 21.9. The van der Waals surface area contributed by atoms with Gasteiger partial charge in [0, 0.05) is 64.6 Å². The maximum absolute atomic E-state index is 12.0. The van der Waals surface area contributed by atoms with E-state index in [0.717, 1.165) is 84.1 Å². The summed E-state index contributed by atoms with van der Waals surface area (Å²) < 4.78 is 5.18. The minimum absolute atomic E-state index is 0. The Morgan fingerprint density at radius 3 is 2.38 bits per heavy atom. The van der Waals surface area contributed by atoms with Crippen LogP contribution in [0.5, 0.6) is 0 Å². The van der Waals surface area contributed by atoms with Gasteiger partial charge in [-0.3, -0.25) is 14.7 Å². The number of piperidine rings is 1. The summed E-state index contributed by atoms with van der Waals surface area (Å²) in [6.45, 7) is 13.3. The minimum Gasteiger partial charge on any atom is -0.466 e. The third-order valence-electron chi connectivity index (χ3n) is 6.14. The van der Waals surface area contributed by atoms with Crippen LogP contribution in [0.2, 0.25) is 0 Å². The lowest BCUT2D eigenvalue weighted by atomic mass is 9.97. The average molecular weight is 558 g/mol. The second kappa shape index (κ2) is 14.6. The van der Waals surface area contributed by atoms with Crippen LogP contribution in [0.1, 0.15) is 33.1 Å². The molecular formula is C24H40IN5O2. The number of esters is 1. The Labute approximate surface area is 210 Å². The number of hydrogen-bond acceptors (Lipinski definition) is 5. The molecule has 0 aromatic heterocycles. The number of benzene rings is 1. The highest BCUT2D eigenvalue weighted by Crippen LogP contribution is 2.19. The molecule has 2 heterocycles. The molecule has 2 aliphatic heterocycles. The van der Waals surface area contributed by atoms with Crippen molar-refractivity contribution in [1.29, 1.82) is 0 Å². The molecule has 0 aliphatic carbocycles. The van der Waals surface area contributed by atoms with Crippen molar-refractivity contribution in [3.8, 4) is 0 Å². The van der Waals surface area contributed by atoms with Crippen LogP contribution >= 0.6 is 24.0 Å². The number of hydrogen-bond donors (Lipinski definition) is 1. The van der Waals surface area contributed by atoms with Gasteiger partial charge in [0.05, 0.1) is 12.5 Å². The van der Waals surface area contributed by atoms with Crippen LogP contribution in [0.3, 0.4) is 0 Å². The molecule has 1 N–H and O–H groups in total. The van der Waals surface area contributed by atoms with E-state index in [0.29, 0.717) is 6.61 Å². The standard InChI is InChI=1S/C24H39N5O2.HI/c1-3-25-24(29-15-11-21(12-16-29)23(30)31-4-2)26-13-8-14-27-17-19-28(20-18-27)22-9-6-5-7-10-22;/h5-7,9-10,21H,3-4,8,11-20H2,1-2H3,(H,25,26);1H. The lowest BCUT2D eigenvalue weighted by Gasteiger charge is -2.36. The van der Waals surface area contributed by atoms with E-state index in [1.165, 1.54) is 5.69 Å². The Morgan fingerprint density at radius 2 is 1.75 bits per heavy atom. The largest absolute Gasteiger partial charge is 0.466 e. The summed E-state index contributed by atoms with van der Waals surface area (Å²) in [6, 6.07) is 10.7. The fourth-order valence-corrected chi connectivity index (χ4v) is 4.36. The van der Waals surface area contributed by atoms with Crippen LogP contribution in [-0.2, 0) is 9.53 Å². The quantitative estimate of drug-likeness (QED) is 0.174. The van der Waals surface area contributed by atoms with Gasteiger partial charge in [-0.1, -0.05) is 18.2 Å². The first-order valence-electron chi connectivity index (χ1n) is 11.9. The van der Waals surface area contributed by atoms with Gasteiger partial charge >= 0.3 is 5.97 Å². The van der Waals surface area contributed by atoms with Gasteiger partial charge in [-0.2, -0.15) is 0 Å². The van der Waals surface area contributed by atoms with Crippen LogP contribution in [0, 0.1) is 5.92 Å². The topological polar surface area (TPSA) is 60.4 Å². The van der Waals surface area contributed by atoms with Gasteiger partial charge < -0.3 is 19.9 Å². The summed E-state index contributed by atoms with van der Waals surface area (Å²) in [5, 5.41) is 3.42. The summed E-state index contributed by atoms with van der Waals surface area (Å²) in [6.07, 6.45) is 2.75. The zero-order valence-electron chi connectivity index (χ0n) is 19.7. The number of halogens is 1. The number of rotatable bonds is 8. The van der Waals surface area contributed by atoms with Gasteiger partial charge in [0.1, 0.15) is 0 Å². The van der Waals surface area contributed by atoms with Gasteiger partial charge in [0.25, 0.3) is 0 Å². The lowest BCUT2D eigenvalue weighted by Crippen LogP contribution is -2.47. The number of guanidine groups is 1. The molecule has 32 heavy (non-hydrogen) atoms. The van der Waals surface area contributed by atoms with Gasteiger partial charge in [0.2, 0.25) is 0 Å². The molecule has 180 valence electrons. The minimum atomic E-state index is -0.0450. The smallest absolute Gasteiger partial charge is 0.309 e. The van der Waals surface area contributed by atoms with Crippen molar-refractivity contribution in [3.63, 3.8) is 0 Å². The van der Waals surface area contributed by atoms with Crippen molar-refractivity contribution in [2.45, 2.75) is 33.1 Å². The van der Waals surface area contributed by atoms with Crippen LogP contribution in [-0.4, -0.2) is 87.2 Å². The summed E-state index contributed by atoms with van der Waals surface area (Å²) >= 11 is 0. The molecule has 0 saturated carbocycles. The normalized spacial score (nSPS) is 18.2. The highest BCUT2D eigenvalue weighted by molar-refractivity contribution is 14.0. The molecule has 2 saturated heterocycles. The fourth-order valence-electron chi connectivity index (χ4n) is 4.36. The highest BCUT2D eigenvalue weighted by Gasteiger charge is 2.27. The third kappa shape index (κ3) is 8.10. The van der Waals surface area contributed by atoms with Crippen molar-refractivity contribution in [3.05, 3.63) is 30.3 Å². The van der Waals surface area contributed by atoms with E-state index in [1.54, 1.807) is 0 Å². The fraction of sp³-hybridized carbons (Fsp3) is 0.667. The first-order valence-corrected chi connectivity index (χ1v) is 11.9. The van der Waals surface area contributed by atoms with E-state index in [1.807, 2.05) is 6.92 Å². The lowest BCUT2D eigenvalue weighted by molar-refractivity contribution is -0.149. The molecule has 0 unspecified atom stereocenters. The Hall–Kier alpha value is -1.55. The van der Waals surface area contributed by atoms with E-state index in [2.05, 4.69) is 57.3 Å². The predicted octanol–water partition coefficient (Wildman–Crippen LogP) is 3.06. The molecule has 0 radical (unpaired) electrons. The molecule has 0 amide bonds. The van der Waals surface area contributed by atoms with E-state index in [-0.39, 0.29) is 35.9 Å². The molecule has 1 aromatic carbocycles. The zero-order valence-corrected chi connectivity index (χ0v) is 22.0. The maximum Gasteiger partial charge on any atom is 0.309 e. The molecule has 0 bridgehead atoms. The average Bonchev–Trinajstić information content (AvgIpc) is 2.82. The van der Waals surface area contributed by atoms with E-state index in [4.69, 9.17) is 9.73 Å². The third-order valence-corrected chi connectivity index (χ3v) is 6.14. The number of likely N-dealkylation sites (tertiary alicyclic amines) is 1. The van der Waals surface area contributed by atoms with Crippen LogP contribution in [0.4, 0.5) is 5.69 Å². The molecular weight excluding hydrogens is 517 g/mol. The molecule has 1 aromatic rings. The number of anilines is 1. The number of piperazine rings is 1. The Bertz CT molecular complexity index is 687. The second-order valence-electron chi connectivity index (χ2n) is 8.27. The van der Waals surface area contributed by atoms with Crippen molar-refractivity contribution in [2.75, 3.05) is 70.4 Å². The SMILES string of the molecule is CCNC(=NCCCN1CCN(c2ccccc2)CC1)N1CCC(C(=O)OCC)CC1.I. The predicted molar refractivity (Wildman–Crippen MR) is 142 cm³/mol. The van der Waals surface area contributed by atoms with Crippen molar-refractivity contribution in [1.82, 2.24) is 15.1 Å². The molecule has 7 nitrogen and oxygen atoms in total. The molecule has 3 rings (SSSR count). The summed E-state index contributed by atoms with van der Waals surface area (Å²) in [5.74, 6) is 0.976. The van der Waals surface area contributed by atoms with Crippen molar-refractivity contribution in [2.24, 2.45) is 10.9 Å². The van der Waals surface area contributed by atoms with Crippen molar-refractivity contribution < 1.29 is 9.53 Å². The summed E-state index contributed by atoms with van der Waals surface area (Å²) in [5.41, 5.74) is 1.33. The van der Waals surface area contributed by atoms with Gasteiger partial charge in [0.15, 0.2) is 5.96 Å². The number of carbonyl (C=O) groups is 1. The Kier molecular flexibility index (Phi) is 12.2. The van der Waals surface area contributed by atoms with E-state index in [9.17, 15) is 4.79 Å². The number of para-hydroxylation sites is 1. The molecule has 2 aliphatic rings. The van der Waals surface area contributed by atoms with Crippen LogP contribution in [0.25, 0.3) is 0 Å². The summed E-state index contributed by atoms with van der Waals surface area (Å²) in [7, 11) is 0. The number of nitrogens with one attached hydrogen (secondary N) is 1. The van der Waals surface area contributed by atoms with E-state index < -0.39 is 0 Å². The van der Waals surface area contributed by atoms with E-state index >= 15 is 0 Å². The van der Waals surface area contributed by atoms with Gasteiger partial charge in [-0.05, 0) is 45.2 Å². The molecule has 8 heteroatoms. The van der Waals surface area contributed by atoms with Crippen LogP contribution in [0.15, 0.2) is 35.3 Å². The summed E-state index contributed by atoms with van der Waals surface area (Å²) in [4.78, 5) is 24.1. The number of aliphatic imine (C=N–C) groups is 1. The maximum atomic E-state index is 12.0. The first kappa shape index (κ1) is 26.7. The monoisotopic (exact) mass is 557 g/mol. The van der Waals surface area contributed by atoms with Gasteiger partial charge in [-0.25, -0.2) is 0 Å². The van der Waals surface area contributed by atoms with Gasteiger partial charge in [-0.15, -0.1) is 24.0 Å². The molecule has 2 fully saturated rings. The first-order chi connectivity index (χ1) is 15.2. The molecule has 0 atom stereocenters. The second-order valence-corrected chi connectivity index (χ2v) is 8.27. The Balaban J connectivity index is 0.00000363. The van der Waals surface area contributed by atoms with Crippen LogP contribution < -0.4 is 10.2 Å². The Morgan fingerprint density at radius 1 is 1.06 bits per heavy atom.